The summed E-state index contributed by atoms with van der Waals surface area (Å²) in [6.45, 7) is 6.87. The molecule has 1 aliphatic rings. The summed E-state index contributed by atoms with van der Waals surface area (Å²) < 4.78 is 6.33. The predicted molar refractivity (Wildman–Crippen MR) is 315 cm³/mol. The first-order valence-electron chi connectivity index (χ1n) is 26.6. The van der Waals surface area contributed by atoms with Crippen molar-refractivity contribution in [3.05, 3.63) is 311 Å². The largest absolute Gasteiger partial charge is 0.456 e. The van der Waals surface area contributed by atoms with Crippen molar-refractivity contribution in [2.24, 2.45) is 0 Å². The maximum absolute atomic E-state index is 6.33. The van der Waals surface area contributed by atoms with E-state index in [-0.39, 0.29) is 11.3 Å². The summed E-state index contributed by atoms with van der Waals surface area (Å²) in [6.07, 6.45) is 1.83. The molecule has 1 heteroatoms. The van der Waals surface area contributed by atoms with Gasteiger partial charge in [0.15, 0.2) is 0 Å². The van der Waals surface area contributed by atoms with E-state index in [0.717, 1.165) is 40.3 Å². The minimum Gasteiger partial charge on any atom is -0.456 e. The van der Waals surface area contributed by atoms with Crippen LogP contribution < -0.4 is 0 Å². The number of benzene rings is 11. The fourth-order valence-electron chi connectivity index (χ4n) is 12.2. The molecular weight excluding hydrogens is 905 g/mol. The van der Waals surface area contributed by atoms with Gasteiger partial charge in [-0.05, 0) is 143 Å². The van der Waals surface area contributed by atoms with Crippen LogP contribution in [0.15, 0.2) is 271 Å². The van der Waals surface area contributed by atoms with Crippen LogP contribution in [0.1, 0.15) is 77.6 Å². The lowest BCUT2D eigenvalue weighted by Crippen LogP contribution is -2.28. The molecule has 0 amide bonds. The van der Waals surface area contributed by atoms with E-state index in [1.807, 2.05) is 12.1 Å². The van der Waals surface area contributed by atoms with Gasteiger partial charge in [-0.3, -0.25) is 0 Å². The van der Waals surface area contributed by atoms with Crippen molar-refractivity contribution in [1.82, 2.24) is 0 Å². The average Bonchev–Trinajstić information content (AvgIpc) is 4.16. The Kier molecular flexibility index (Phi) is 11.6. The number of rotatable bonds is 11. The van der Waals surface area contributed by atoms with E-state index in [4.69, 9.17) is 4.42 Å². The molecule has 0 N–H and O–H groups in total. The van der Waals surface area contributed by atoms with E-state index >= 15 is 0 Å². The van der Waals surface area contributed by atoms with Gasteiger partial charge in [0, 0.05) is 16.7 Å². The first-order chi connectivity index (χ1) is 36.8. The number of hydrogen-bond acceptors (Lipinski definition) is 1. The van der Waals surface area contributed by atoms with Gasteiger partial charge in [-0.25, -0.2) is 0 Å². The van der Waals surface area contributed by atoms with Crippen LogP contribution in [-0.4, -0.2) is 0 Å². The maximum atomic E-state index is 6.33. The van der Waals surface area contributed by atoms with Crippen LogP contribution in [0.3, 0.4) is 0 Å². The Morgan fingerprint density at radius 3 is 1.68 bits per heavy atom. The molecule has 0 saturated carbocycles. The summed E-state index contributed by atoms with van der Waals surface area (Å²) in [6, 6.07) is 99.4. The van der Waals surface area contributed by atoms with Gasteiger partial charge in [0.25, 0.3) is 0 Å². The fraction of sp³-hybridized carbons (Fsp3) is 0.108. The molecule has 1 aliphatic carbocycles. The molecule has 360 valence electrons. The van der Waals surface area contributed by atoms with Crippen molar-refractivity contribution in [2.75, 3.05) is 0 Å². The summed E-state index contributed by atoms with van der Waals surface area (Å²) in [5.74, 6) is 0.148. The molecule has 75 heavy (non-hydrogen) atoms. The smallest absolute Gasteiger partial charge is 0.136 e. The minimum atomic E-state index is -0.585. The predicted octanol–water partition coefficient (Wildman–Crippen LogP) is 19.7. The number of furan rings is 1. The number of hydrogen-bond donors (Lipinski definition) is 0. The molecule has 0 spiro atoms. The summed E-state index contributed by atoms with van der Waals surface area (Å²) in [5.41, 5.74) is 24.1. The van der Waals surface area contributed by atoms with Gasteiger partial charge in [-0.15, -0.1) is 0 Å². The molecular formula is C74H58O. The summed E-state index contributed by atoms with van der Waals surface area (Å²) in [4.78, 5) is 0. The van der Waals surface area contributed by atoms with Gasteiger partial charge in [-0.1, -0.05) is 263 Å². The third kappa shape index (κ3) is 8.30. The van der Waals surface area contributed by atoms with Crippen LogP contribution >= 0.6 is 0 Å². The van der Waals surface area contributed by atoms with Crippen LogP contribution in [0.4, 0.5) is 0 Å². The highest BCUT2D eigenvalue weighted by molar-refractivity contribution is 6.06. The van der Waals surface area contributed by atoms with E-state index in [9.17, 15) is 0 Å². The van der Waals surface area contributed by atoms with Crippen molar-refractivity contribution in [1.29, 1.82) is 0 Å². The van der Waals surface area contributed by atoms with Gasteiger partial charge in [-0.2, -0.15) is 0 Å². The highest BCUT2D eigenvalue weighted by Crippen LogP contribution is 2.59. The van der Waals surface area contributed by atoms with Gasteiger partial charge in [0.1, 0.15) is 11.2 Å². The normalized spacial score (nSPS) is 14.4. The zero-order valence-corrected chi connectivity index (χ0v) is 42.8. The Balaban J connectivity index is 0.939. The van der Waals surface area contributed by atoms with Crippen molar-refractivity contribution in [3.8, 4) is 55.6 Å². The highest BCUT2D eigenvalue weighted by atomic mass is 16.3. The quantitative estimate of drug-likeness (QED) is 0.126. The van der Waals surface area contributed by atoms with E-state index < -0.39 is 5.41 Å². The van der Waals surface area contributed by atoms with Gasteiger partial charge in [0.05, 0.1) is 5.41 Å². The van der Waals surface area contributed by atoms with Crippen molar-refractivity contribution in [3.63, 3.8) is 0 Å². The molecule has 2 atom stereocenters. The molecule has 0 bridgehead atoms. The average molecular weight is 963 g/mol. The third-order valence-corrected chi connectivity index (χ3v) is 16.0. The highest BCUT2D eigenvalue weighted by Gasteiger charge is 2.47. The molecule has 13 rings (SSSR count). The van der Waals surface area contributed by atoms with Gasteiger partial charge in [0.2, 0.25) is 0 Å². The Morgan fingerprint density at radius 2 is 0.947 bits per heavy atom. The summed E-state index contributed by atoms with van der Waals surface area (Å²) >= 11 is 0. The summed E-state index contributed by atoms with van der Waals surface area (Å²) in [5, 5.41) is 2.30. The van der Waals surface area contributed by atoms with E-state index in [1.54, 1.807) is 0 Å². The second-order valence-corrected chi connectivity index (χ2v) is 21.5. The van der Waals surface area contributed by atoms with Crippen LogP contribution in [0.5, 0.6) is 0 Å². The van der Waals surface area contributed by atoms with Crippen LogP contribution in [-0.2, 0) is 17.3 Å². The first kappa shape index (κ1) is 46.0. The topological polar surface area (TPSA) is 13.1 Å². The monoisotopic (exact) mass is 962 g/mol. The Morgan fingerprint density at radius 1 is 0.373 bits per heavy atom. The summed E-state index contributed by atoms with van der Waals surface area (Å²) in [7, 11) is 0. The zero-order chi connectivity index (χ0) is 50.5. The second-order valence-electron chi connectivity index (χ2n) is 21.5. The minimum absolute atomic E-state index is 0.0614. The van der Waals surface area contributed by atoms with Crippen molar-refractivity contribution < 1.29 is 4.42 Å². The molecule has 12 aromatic rings. The van der Waals surface area contributed by atoms with Crippen molar-refractivity contribution >= 4 is 21.9 Å². The molecule has 1 nitrogen and oxygen atoms in total. The first-order valence-corrected chi connectivity index (χ1v) is 26.6. The van der Waals surface area contributed by atoms with Crippen LogP contribution in [0, 0.1) is 0 Å². The lowest BCUT2D eigenvalue weighted by molar-refractivity contribution is 0.590. The Bertz CT molecular complexity index is 4010. The van der Waals surface area contributed by atoms with Crippen LogP contribution in [0.2, 0.25) is 0 Å². The molecule has 2 unspecified atom stereocenters. The van der Waals surface area contributed by atoms with E-state index in [0.29, 0.717) is 0 Å². The number of fused-ring (bicyclic) bond motifs is 6. The van der Waals surface area contributed by atoms with Gasteiger partial charge >= 0.3 is 0 Å². The lowest BCUT2D eigenvalue weighted by Gasteiger charge is -2.34. The number of para-hydroxylation sites is 1. The molecule has 0 fully saturated rings. The number of aryl methyl sites for hydroxylation is 1. The maximum Gasteiger partial charge on any atom is 0.136 e. The third-order valence-electron chi connectivity index (χ3n) is 16.0. The SMILES string of the molecule is CC(C)(C)c1ccc(-c2cccc3c2-c2ccc(CCC(c4ccc(-c5ccc6c(c5)oc5ccccc56)cc4)c4cccc(-c5ccccc5)c4)cc2C3(c2ccccc2)c2cccc(-c3ccccc3)c2)cc1. The molecule has 1 aromatic heterocycles. The zero-order valence-electron chi connectivity index (χ0n) is 42.8. The second kappa shape index (κ2) is 18.9. The van der Waals surface area contributed by atoms with E-state index in [1.165, 1.54) is 94.6 Å². The fourth-order valence-corrected chi connectivity index (χ4v) is 12.2. The van der Waals surface area contributed by atoms with Gasteiger partial charge < -0.3 is 4.42 Å². The molecule has 1 heterocycles. The van der Waals surface area contributed by atoms with Crippen molar-refractivity contribution in [2.45, 2.75) is 50.4 Å². The molecule has 11 aromatic carbocycles. The Labute approximate surface area is 441 Å². The molecule has 0 radical (unpaired) electrons. The van der Waals surface area contributed by atoms with E-state index in [2.05, 4.69) is 276 Å². The lowest BCUT2D eigenvalue weighted by atomic mass is 9.67. The Hall–Kier alpha value is -8.78. The molecule has 0 aliphatic heterocycles. The standard InChI is InChI=1S/C74H58O/c1-73(2,3)60-41-38-55(39-42-60)64-29-17-30-68-72(64)67-44-33-50(46-69(67)74(68,61-25-11-6-12-26-61)62-27-16-23-57(48-62)52-20-9-5-10-21-52)32-43-63(59-24-15-22-56(47-59)51-18-7-4-8-19-51)54-36-34-53(35-37-54)58-40-45-66-65-28-13-14-31-70(65)75-71(66)49-58/h4-31,33-42,44-49,63H,32,43H2,1-3H3. The van der Waals surface area contributed by atoms with Crippen LogP contribution in [0.25, 0.3) is 77.6 Å². The molecule has 0 saturated heterocycles.